The van der Waals surface area contributed by atoms with Crippen molar-refractivity contribution >= 4 is 63.0 Å². The Morgan fingerprint density at radius 2 is 0.804 bits per heavy atom. The highest BCUT2D eigenvalue weighted by atomic mass is 32.1. The molecule has 262 valence electrons. The van der Waals surface area contributed by atoms with E-state index in [0.29, 0.717) is 17.5 Å². The summed E-state index contributed by atoms with van der Waals surface area (Å²) in [6.45, 7) is 0. The van der Waals surface area contributed by atoms with Gasteiger partial charge in [0.05, 0.1) is 0 Å². The van der Waals surface area contributed by atoms with Gasteiger partial charge in [-0.2, -0.15) is 0 Å². The molecule has 5 heteroatoms. The van der Waals surface area contributed by atoms with Gasteiger partial charge in [-0.05, 0) is 46.0 Å². The van der Waals surface area contributed by atoms with E-state index in [1.165, 1.54) is 68.2 Å². The molecule has 8 aromatic carbocycles. The Hall–Kier alpha value is -6.79. The van der Waals surface area contributed by atoms with Crippen molar-refractivity contribution in [1.29, 1.82) is 0 Å². The Balaban J connectivity index is 1.05. The van der Waals surface area contributed by atoms with E-state index in [4.69, 9.17) is 15.0 Å². The monoisotopic (exact) mass is 749 g/mol. The van der Waals surface area contributed by atoms with Crippen molar-refractivity contribution in [3.8, 4) is 67.5 Å². The minimum atomic E-state index is 0.651. The number of fused-ring (bicyclic) bond motifs is 6. The van der Waals surface area contributed by atoms with Gasteiger partial charge in [0, 0.05) is 62.6 Å². The summed E-state index contributed by atoms with van der Waals surface area (Å²) in [6.07, 6.45) is 0. The number of aromatic nitrogens is 3. The smallest absolute Gasteiger partial charge is 0.164 e. The van der Waals surface area contributed by atoms with Crippen LogP contribution in [-0.2, 0) is 0 Å². The molecule has 3 nitrogen and oxygen atoms in total. The molecule has 0 N–H and O–H groups in total. The first-order chi connectivity index (χ1) is 27.7. The van der Waals surface area contributed by atoms with Gasteiger partial charge in [-0.15, -0.1) is 22.7 Å². The Morgan fingerprint density at radius 3 is 1.54 bits per heavy atom. The summed E-state index contributed by atoms with van der Waals surface area (Å²) in [5, 5.41) is 5.14. The third-order valence-electron chi connectivity index (χ3n) is 10.6. The first kappa shape index (κ1) is 32.6. The van der Waals surface area contributed by atoms with Crippen molar-refractivity contribution in [2.75, 3.05) is 0 Å². The maximum absolute atomic E-state index is 5.10. The number of thiophene rings is 2. The summed E-state index contributed by atoms with van der Waals surface area (Å²) in [7, 11) is 0. The van der Waals surface area contributed by atoms with Gasteiger partial charge in [0.1, 0.15) is 0 Å². The lowest BCUT2D eigenvalue weighted by atomic mass is 9.93. The minimum absolute atomic E-state index is 0.651. The predicted molar refractivity (Wildman–Crippen MR) is 238 cm³/mol. The third-order valence-corrected chi connectivity index (χ3v) is 12.9. The molecule has 11 rings (SSSR count). The number of hydrogen-bond donors (Lipinski definition) is 0. The quantitative estimate of drug-likeness (QED) is 0.170. The third kappa shape index (κ3) is 5.60. The van der Waals surface area contributed by atoms with Crippen molar-refractivity contribution in [3.63, 3.8) is 0 Å². The van der Waals surface area contributed by atoms with Gasteiger partial charge in [0.15, 0.2) is 17.5 Å². The van der Waals surface area contributed by atoms with Crippen molar-refractivity contribution in [2.24, 2.45) is 0 Å². The molecular weight excluding hydrogens is 719 g/mol. The zero-order valence-electron chi connectivity index (χ0n) is 30.1. The molecule has 3 heterocycles. The lowest BCUT2D eigenvalue weighted by Crippen LogP contribution is -2.00. The summed E-state index contributed by atoms with van der Waals surface area (Å²) >= 11 is 3.71. The molecule has 11 aromatic rings. The summed E-state index contributed by atoms with van der Waals surface area (Å²) in [5.74, 6) is 1.96. The highest BCUT2D eigenvalue weighted by Crippen LogP contribution is 2.48. The molecule has 0 atom stereocenters. The highest BCUT2D eigenvalue weighted by molar-refractivity contribution is 7.27. The van der Waals surface area contributed by atoms with Crippen LogP contribution >= 0.6 is 22.7 Å². The Labute approximate surface area is 331 Å². The maximum atomic E-state index is 5.10. The standard InChI is InChI=1S/C51H31N3S2/c1-4-13-32(14-5-1)33-23-25-36(26-24-33)50-52-49(35-17-8-3-9-18-35)53-51(54-50)37-27-28-42-45(31-37)55-44-22-12-20-39(46(42)44)40-30-29-38(34-15-6-2-7-16-34)47-41-19-10-11-21-43(41)56-48(40)47/h1-31H. The van der Waals surface area contributed by atoms with Crippen LogP contribution in [0, 0.1) is 0 Å². The zero-order valence-corrected chi connectivity index (χ0v) is 31.7. The fraction of sp³-hybridized carbons (Fsp3) is 0. The molecule has 0 fully saturated rings. The minimum Gasteiger partial charge on any atom is -0.208 e. The maximum Gasteiger partial charge on any atom is 0.164 e. The van der Waals surface area contributed by atoms with E-state index in [2.05, 4.69) is 164 Å². The molecule has 0 saturated carbocycles. The first-order valence-electron chi connectivity index (χ1n) is 18.7. The molecular formula is C51H31N3S2. The van der Waals surface area contributed by atoms with E-state index in [-0.39, 0.29) is 0 Å². The van der Waals surface area contributed by atoms with Crippen molar-refractivity contribution in [3.05, 3.63) is 188 Å². The van der Waals surface area contributed by atoms with Crippen LogP contribution in [0.1, 0.15) is 0 Å². The second-order valence-corrected chi connectivity index (χ2v) is 16.1. The lowest BCUT2D eigenvalue weighted by molar-refractivity contribution is 1.07. The Kier molecular flexibility index (Phi) is 7.87. The van der Waals surface area contributed by atoms with Crippen molar-refractivity contribution in [2.45, 2.75) is 0 Å². The average Bonchev–Trinajstić information content (AvgIpc) is 3.86. The SMILES string of the molecule is c1ccc(-c2ccc(-c3nc(-c4ccccc4)nc(-c4ccc5c(c4)sc4cccc(-c6ccc(-c7ccccc7)c7c6sc6ccccc67)c45)n3)cc2)cc1. The molecule has 0 amide bonds. The molecule has 0 aliphatic carbocycles. The highest BCUT2D eigenvalue weighted by Gasteiger charge is 2.20. The van der Waals surface area contributed by atoms with Crippen molar-refractivity contribution in [1.82, 2.24) is 15.0 Å². The normalized spacial score (nSPS) is 11.6. The van der Waals surface area contributed by atoms with E-state index in [0.717, 1.165) is 22.3 Å². The van der Waals surface area contributed by atoms with Gasteiger partial charge >= 0.3 is 0 Å². The molecule has 0 radical (unpaired) electrons. The van der Waals surface area contributed by atoms with Crippen LogP contribution in [0.4, 0.5) is 0 Å². The van der Waals surface area contributed by atoms with E-state index >= 15 is 0 Å². The molecule has 0 saturated heterocycles. The number of hydrogen-bond acceptors (Lipinski definition) is 5. The molecule has 0 unspecified atom stereocenters. The largest absolute Gasteiger partial charge is 0.208 e. The Bertz CT molecular complexity index is 3220. The Morgan fingerprint density at radius 1 is 0.286 bits per heavy atom. The summed E-state index contributed by atoms with van der Waals surface area (Å²) in [5.41, 5.74) is 10.2. The fourth-order valence-corrected chi connectivity index (χ4v) is 10.3. The van der Waals surface area contributed by atoms with Gasteiger partial charge in [0.25, 0.3) is 0 Å². The molecule has 0 bridgehead atoms. The van der Waals surface area contributed by atoms with E-state index in [1.807, 2.05) is 46.9 Å². The number of rotatable bonds is 6. The number of benzene rings is 8. The fourth-order valence-electron chi connectivity index (χ4n) is 7.88. The summed E-state index contributed by atoms with van der Waals surface area (Å²) in [4.78, 5) is 15.2. The van der Waals surface area contributed by atoms with Gasteiger partial charge < -0.3 is 0 Å². The van der Waals surface area contributed by atoms with Gasteiger partial charge in [-0.3, -0.25) is 0 Å². The van der Waals surface area contributed by atoms with Crippen molar-refractivity contribution < 1.29 is 0 Å². The van der Waals surface area contributed by atoms with Gasteiger partial charge in [-0.25, -0.2) is 15.0 Å². The van der Waals surface area contributed by atoms with Gasteiger partial charge in [-0.1, -0.05) is 170 Å². The van der Waals surface area contributed by atoms with Crippen LogP contribution < -0.4 is 0 Å². The first-order valence-corrected chi connectivity index (χ1v) is 20.3. The lowest BCUT2D eigenvalue weighted by Gasteiger charge is -2.11. The molecule has 0 spiro atoms. The number of nitrogens with zero attached hydrogens (tertiary/aromatic N) is 3. The molecule has 0 aliphatic rings. The molecule has 56 heavy (non-hydrogen) atoms. The zero-order chi connectivity index (χ0) is 37.0. The summed E-state index contributed by atoms with van der Waals surface area (Å²) < 4.78 is 5.08. The van der Waals surface area contributed by atoms with Crippen LogP contribution in [0.3, 0.4) is 0 Å². The topological polar surface area (TPSA) is 38.7 Å². The summed E-state index contributed by atoms with van der Waals surface area (Å²) in [6, 6.07) is 66.7. The molecule has 0 aliphatic heterocycles. The molecule has 3 aromatic heterocycles. The van der Waals surface area contributed by atoms with E-state index in [1.54, 1.807) is 0 Å². The van der Waals surface area contributed by atoms with Crippen LogP contribution in [0.2, 0.25) is 0 Å². The van der Waals surface area contributed by atoms with Gasteiger partial charge in [0.2, 0.25) is 0 Å². The van der Waals surface area contributed by atoms with Crippen LogP contribution in [0.5, 0.6) is 0 Å². The van der Waals surface area contributed by atoms with E-state index < -0.39 is 0 Å². The van der Waals surface area contributed by atoms with Crippen LogP contribution in [-0.4, -0.2) is 15.0 Å². The average molecular weight is 750 g/mol. The second-order valence-electron chi connectivity index (χ2n) is 13.9. The van der Waals surface area contributed by atoms with E-state index in [9.17, 15) is 0 Å². The van der Waals surface area contributed by atoms with Crippen LogP contribution in [0.25, 0.3) is 108 Å². The van der Waals surface area contributed by atoms with Crippen LogP contribution in [0.15, 0.2) is 188 Å². The predicted octanol–water partition coefficient (Wildman–Crippen LogP) is 14.6. The second kappa shape index (κ2) is 13.5.